The SMILES string of the molecule is CCSc1ccc(C(=O)C=Cc2cc(C)cc(C)c2C)cc1. The maximum atomic E-state index is 12.3. The van der Waals surface area contributed by atoms with Crippen molar-refractivity contribution in [2.45, 2.75) is 32.6 Å². The highest BCUT2D eigenvalue weighted by Gasteiger charge is 2.04. The van der Waals surface area contributed by atoms with Crippen LogP contribution < -0.4 is 0 Å². The zero-order chi connectivity index (χ0) is 16.1. The van der Waals surface area contributed by atoms with E-state index in [1.165, 1.54) is 21.6 Å². The Morgan fingerprint density at radius 2 is 1.77 bits per heavy atom. The van der Waals surface area contributed by atoms with Crippen molar-refractivity contribution in [3.8, 4) is 0 Å². The number of ketones is 1. The molecule has 2 heteroatoms. The fraction of sp³-hybridized carbons (Fsp3) is 0.250. The van der Waals surface area contributed by atoms with Crippen LogP contribution in [0.1, 0.15) is 39.5 Å². The van der Waals surface area contributed by atoms with Gasteiger partial charge in [-0.3, -0.25) is 4.79 Å². The van der Waals surface area contributed by atoms with Gasteiger partial charge in [0.15, 0.2) is 5.78 Å². The Balaban J connectivity index is 2.18. The molecule has 0 N–H and O–H groups in total. The molecule has 0 atom stereocenters. The summed E-state index contributed by atoms with van der Waals surface area (Å²) in [5.74, 6) is 1.09. The first-order valence-corrected chi connectivity index (χ1v) is 8.53. The molecule has 0 aliphatic heterocycles. The van der Waals surface area contributed by atoms with Crippen molar-refractivity contribution in [2.75, 3.05) is 5.75 Å². The molecule has 2 rings (SSSR count). The Morgan fingerprint density at radius 3 is 2.41 bits per heavy atom. The van der Waals surface area contributed by atoms with Crippen molar-refractivity contribution in [1.29, 1.82) is 0 Å². The normalized spacial score (nSPS) is 11.1. The molecule has 0 heterocycles. The number of hydrogen-bond donors (Lipinski definition) is 0. The van der Waals surface area contributed by atoms with E-state index in [9.17, 15) is 4.79 Å². The molecule has 2 aromatic rings. The standard InChI is InChI=1S/C20H22OS/c1-5-22-19-9-6-17(7-10-19)20(21)11-8-18-13-14(2)12-15(3)16(18)4/h6-13H,5H2,1-4H3. The maximum absolute atomic E-state index is 12.3. The van der Waals surface area contributed by atoms with Crippen molar-refractivity contribution in [2.24, 2.45) is 0 Å². The van der Waals surface area contributed by atoms with Gasteiger partial charge in [0.2, 0.25) is 0 Å². The van der Waals surface area contributed by atoms with Crippen molar-refractivity contribution in [1.82, 2.24) is 0 Å². The van der Waals surface area contributed by atoms with Crippen molar-refractivity contribution in [3.63, 3.8) is 0 Å². The van der Waals surface area contributed by atoms with Gasteiger partial charge in [-0.25, -0.2) is 0 Å². The zero-order valence-electron chi connectivity index (χ0n) is 13.6. The number of carbonyl (C=O) groups excluding carboxylic acids is 1. The summed E-state index contributed by atoms with van der Waals surface area (Å²) in [7, 11) is 0. The molecule has 0 saturated heterocycles. The average Bonchev–Trinajstić information content (AvgIpc) is 2.50. The van der Waals surface area contributed by atoms with Crippen LogP contribution in [0.3, 0.4) is 0 Å². The van der Waals surface area contributed by atoms with E-state index in [1.54, 1.807) is 17.8 Å². The van der Waals surface area contributed by atoms with Gasteiger partial charge in [-0.2, -0.15) is 0 Å². The summed E-state index contributed by atoms with van der Waals surface area (Å²) in [6.07, 6.45) is 3.59. The maximum Gasteiger partial charge on any atom is 0.185 e. The van der Waals surface area contributed by atoms with Gasteiger partial charge in [0.25, 0.3) is 0 Å². The van der Waals surface area contributed by atoms with Crippen LogP contribution in [0, 0.1) is 20.8 Å². The Labute approximate surface area is 137 Å². The molecule has 0 unspecified atom stereocenters. The monoisotopic (exact) mass is 310 g/mol. The number of hydrogen-bond acceptors (Lipinski definition) is 2. The van der Waals surface area contributed by atoms with Crippen LogP contribution in [0.25, 0.3) is 6.08 Å². The molecule has 114 valence electrons. The third-order valence-electron chi connectivity index (χ3n) is 3.72. The lowest BCUT2D eigenvalue weighted by molar-refractivity contribution is 0.104. The van der Waals surface area contributed by atoms with Gasteiger partial charge < -0.3 is 0 Å². The number of benzene rings is 2. The van der Waals surface area contributed by atoms with Crippen LogP contribution in [0.5, 0.6) is 0 Å². The molecule has 0 aliphatic carbocycles. The lowest BCUT2D eigenvalue weighted by Crippen LogP contribution is -1.94. The minimum atomic E-state index is 0.0478. The molecule has 0 fully saturated rings. The molecule has 0 spiro atoms. The van der Waals surface area contributed by atoms with E-state index in [-0.39, 0.29) is 5.78 Å². The predicted octanol–water partition coefficient (Wildman–Crippen LogP) is 5.62. The molecule has 0 aliphatic rings. The van der Waals surface area contributed by atoms with E-state index < -0.39 is 0 Å². The highest BCUT2D eigenvalue weighted by atomic mass is 32.2. The van der Waals surface area contributed by atoms with Gasteiger partial charge in [-0.1, -0.05) is 30.7 Å². The fourth-order valence-corrected chi connectivity index (χ4v) is 3.05. The van der Waals surface area contributed by atoms with E-state index in [0.717, 1.165) is 16.9 Å². The number of rotatable bonds is 5. The van der Waals surface area contributed by atoms with E-state index in [0.29, 0.717) is 0 Å². The second-order valence-electron chi connectivity index (χ2n) is 5.45. The topological polar surface area (TPSA) is 17.1 Å². The second-order valence-corrected chi connectivity index (χ2v) is 6.79. The molecule has 0 aromatic heterocycles. The number of allylic oxidation sites excluding steroid dienone is 1. The van der Waals surface area contributed by atoms with Gasteiger partial charge >= 0.3 is 0 Å². The first-order chi connectivity index (χ1) is 10.5. The molecule has 0 bridgehead atoms. The quantitative estimate of drug-likeness (QED) is 0.405. The number of carbonyl (C=O) groups is 1. The third-order valence-corrected chi connectivity index (χ3v) is 4.61. The van der Waals surface area contributed by atoms with E-state index in [1.807, 2.05) is 30.3 Å². The largest absolute Gasteiger partial charge is 0.289 e. The van der Waals surface area contributed by atoms with E-state index >= 15 is 0 Å². The number of thioether (sulfide) groups is 1. The van der Waals surface area contributed by atoms with E-state index in [2.05, 4.69) is 39.8 Å². The summed E-state index contributed by atoms with van der Waals surface area (Å²) >= 11 is 1.78. The van der Waals surface area contributed by atoms with Crippen molar-refractivity contribution in [3.05, 3.63) is 70.3 Å². The zero-order valence-corrected chi connectivity index (χ0v) is 14.5. The van der Waals surface area contributed by atoms with Gasteiger partial charge in [-0.15, -0.1) is 11.8 Å². The molecule has 2 aromatic carbocycles. The first kappa shape index (κ1) is 16.6. The fourth-order valence-electron chi connectivity index (χ4n) is 2.39. The Hall–Kier alpha value is -1.80. The summed E-state index contributed by atoms with van der Waals surface area (Å²) in [5, 5.41) is 0. The summed E-state index contributed by atoms with van der Waals surface area (Å²) < 4.78 is 0. The van der Waals surface area contributed by atoms with Crippen LogP contribution in [-0.2, 0) is 0 Å². The van der Waals surface area contributed by atoms with E-state index in [4.69, 9.17) is 0 Å². The predicted molar refractivity (Wildman–Crippen MR) is 96.9 cm³/mol. The van der Waals surface area contributed by atoms with Crippen LogP contribution in [-0.4, -0.2) is 11.5 Å². The lowest BCUT2D eigenvalue weighted by atomic mass is 9.99. The van der Waals surface area contributed by atoms with Gasteiger partial charge in [0.05, 0.1) is 0 Å². The Morgan fingerprint density at radius 1 is 1.09 bits per heavy atom. The second kappa shape index (κ2) is 7.46. The van der Waals surface area contributed by atoms with Gasteiger partial charge in [0, 0.05) is 10.5 Å². The van der Waals surface area contributed by atoms with Crippen LogP contribution in [0.4, 0.5) is 0 Å². The first-order valence-electron chi connectivity index (χ1n) is 7.54. The molecule has 0 radical (unpaired) electrons. The summed E-state index contributed by atoms with van der Waals surface area (Å²) in [4.78, 5) is 13.5. The molecule has 22 heavy (non-hydrogen) atoms. The minimum Gasteiger partial charge on any atom is -0.289 e. The molecule has 1 nitrogen and oxygen atoms in total. The lowest BCUT2D eigenvalue weighted by Gasteiger charge is -2.06. The Kier molecular flexibility index (Phi) is 5.62. The van der Waals surface area contributed by atoms with Crippen molar-refractivity contribution >= 4 is 23.6 Å². The summed E-state index contributed by atoms with van der Waals surface area (Å²) in [6.45, 7) is 8.40. The number of aryl methyl sites for hydroxylation is 2. The smallest absolute Gasteiger partial charge is 0.185 e. The summed E-state index contributed by atoms with van der Waals surface area (Å²) in [5.41, 5.74) is 5.55. The van der Waals surface area contributed by atoms with Crippen LogP contribution in [0.2, 0.25) is 0 Å². The molecular formula is C20H22OS. The van der Waals surface area contributed by atoms with Crippen LogP contribution in [0.15, 0.2) is 47.4 Å². The van der Waals surface area contributed by atoms with Crippen LogP contribution >= 0.6 is 11.8 Å². The average molecular weight is 310 g/mol. The summed E-state index contributed by atoms with van der Waals surface area (Å²) in [6, 6.07) is 12.1. The van der Waals surface area contributed by atoms with Crippen molar-refractivity contribution < 1.29 is 4.79 Å². The molecular weight excluding hydrogens is 288 g/mol. The van der Waals surface area contributed by atoms with Gasteiger partial charge in [-0.05, 0) is 73.6 Å². The minimum absolute atomic E-state index is 0.0478. The molecule has 0 amide bonds. The Bertz CT molecular complexity index is 696. The highest BCUT2D eigenvalue weighted by Crippen LogP contribution is 2.19. The highest BCUT2D eigenvalue weighted by molar-refractivity contribution is 7.99. The van der Waals surface area contributed by atoms with Gasteiger partial charge in [0.1, 0.15) is 0 Å². The molecule has 0 saturated carbocycles. The third kappa shape index (κ3) is 4.11.